The van der Waals surface area contributed by atoms with Gasteiger partial charge in [0.1, 0.15) is 10.8 Å². The molecule has 19 heavy (non-hydrogen) atoms. The Hall–Kier alpha value is -1.88. The highest BCUT2D eigenvalue weighted by atomic mass is 32.1. The van der Waals surface area contributed by atoms with Crippen molar-refractivity contribution in [3.05, 3.63) is 34.7 Å². The van der Waals surface area contributed by atoms with Crippen molar-refractivity contribution in [2.75, 3.05) is 13.7 Å². The molecule has 0 N–H and O–H groups in total. The molecule has 0 aliphatic carbocycles. The summed E-state index contributed by atoms with van der Waals surface area (Å²) in [6.07, 6.45) is 0.216. The van der Waals surface area contributed by atoms with Crippen LogP contribution < -0.4 is 4.74 Å². The Bertz CT molecular complexity index is 565. The number of hydrogen-bond donors (Lipinski definition) is 0. The fraction of sp³-hybridized carbons (Fsp3) is 0.286. The normalized spacial score (nSPS) is 10.2. The third kappa shape index (κ3) is 3.32. The van der Waals surface area contributed by atoms with Crippen LogP contribution in [0, 0.1) is 0 Å². The van der Waals surface area contributed by atoms with Gasteiger partial charge in [-0.2, -0.15) is 0 Å². The van der Waals surface area contributed by atoms with E-state index < -0.39 is 0 Å². The van der Waals surface area contributed by atoms with Crippen molar-refractivity contribution in [2.45, 2.75) is 13.3 Å². The molecule has 0 atom stereocenters. The van der Waals surface area contributed by atoms with E-state index in [0.717, 1.165) is 22.0 Å². The van der Waals surface area contributed by atoms with Gasteiger partial charge in [0.25, 0.3) is 0 Å². The smallest absolute Gasteiger partial charge is 0.312 e. The number of methoxy groups -OCH3 is 1. The zero-order valence-corrected chi connectivity index (χ0v) is 11.7. The van der Waals surface area contributed by atoms with Gasteiger partial charge in [0.05, 0.1) is 25.8 Å². The highest BCUT2D eigenvalue weighted by Gasteiger charge is 2.12. The summed E-state index contributed by atoms with van der Waals surface area (Å²) in [6, 6.07) is 7.68. The van der Waals surface area contributed by atoms with Gasteiger partial charge in [-0.3, -0.25) is 4.79 Å². The predicted octanol–water partition coefficient (Wildman–Crippen LogP) is 2.92. The van der Waals surface area contributed by atoms with E-state index in [0.29, 0.717) is 6.61 Å². The number of para-hydroxylation sites is 1. The lowest BCUT2D eigenvalue weighted by atomic mass is 10.1. The topological polar surface area (TPSA) is 48.4 Å². The number of benzene rings is 1. The number of esters is 1. The Kier molecular flexibility index (Phi) is 4.52. The molecule has 0 aliphatic rings. The van der Waals surface area contributed by atoms with Crippen molar-refractivity contribution >= 4 is 17.3 Å². The van der Waals surface area contributed by atoms with E-state index in [9.17, 15) is 4.79 Å². The molecule has 0 bridgehead atoms. The quantitative estimate of drug-likeness (QED) is 0.788. The number of hydrogen-bond acceptors (Lipinski definition) is 5. The highest BCUT2D eigenvalue weighted by molar-refractivity contribution is 7.10. The minimum Gasteiger partial charge on any atom is -0.496 e. The fourth-order valence-electron chi connectivity index (χ4n) is 1.71. The number of thiazole rings is 1. The molecular formula is C14H15NO3S. The van der Waals surface area contributed by atoms with Crippen molar-refractivity contribution in [1.82, 2.24) is 4.98 Å². The average Bonchev–Trinajstić information content (AvgIpc) is 2.87. The van der Waals surface area contributed by atoms with E-state index in [-0.39, 0.29) is 12.4 Å². The molecule has 1 aromatic heterocycles. The van der Waals surface area contributed by atoms with Gasteiger partial charge in [-0.05, 0) is 19.1 Å². The summed E-state index contributed by atoms with van der Waals surface area (Å²) in [6.45, 7) is 2.18. The zero-order chi connectivity index (χ0) is 13.7. The van der Waals surface area contributed by atoms with Gasteiger partial charge >= 0.3 is 5.97 Å². The van der Waals surface area contributed by atoms with Crippen LogP contribution in [0.3, 0.4) is 0 Å². The first-order valence-corrected chi connectivity index (χ1v) is 6.86. The molecule has 1 heterocycles. The molecular weight excluding hydrogens is 262 g/mol. The van der Waals surface area contributed by atoms with Crippen LogP contribution in [-0.2, 0) is 16.0 Å². The molecule has 0 fully saturated rings. The molecule has 0 saturated heterocycles. The summed E-state index contributed by atoms with van der Waals surface area (Å²) in [7, 11) is 1.63. The van der Waals surface area contributed by atoms with Crippen LogP contribution in [0.1, 0.15) is 11.9 Å². The zero-order valence-electron chi connectivity index (χ0n) is 10.9. The molecule has 5 heteroatoms. The van der Waals surface area contributed by atoms with Crippen LogP contribution in [0.5, 0.6) is 5.75 Å². The molecule has 0 unspecified atom stereocenters. The average molecular weight is 277 g/mol. The minimum atomic E-state index is -0.247. The molecule has 0 radical (unpaired) electrons. The van der Waals surface area contributed by atoms with E-state index in [4.69, 9.17) is 9.47 Å². The molecule has 4 nitrogen and oxygen atoms in total. The predicted molar refractivity (Wildman–Crippen MR) is 74.4 cm³/mol. The van der Waals surface area contributed by atoms with Crippen LogP contribution in [0.25, 0.3) is 11.3 Å². The number of carbonyl (C=O) groups is 1. The monoisotopic (exact) mass is 277 g/mol. The van der Waals surface area contributed by atoms with Crippen molar-refractivity contribution in [2.24, 2.45) is 0 Å². The van der Waals surface area contributed by atoms with Gasteiger partial charge in [0.2, 0.25) is 0 Å². The van der Waals surface area contributed by atoms with Crippen molar-refractivity contribution in [3.8, 4) is 17.0 Å². The van der Waals surface area contributed by atoms with Gasteiger partial charge in [-0.25, -0.2) is 4.98 Å². The second-order valence-electron chi connectivity index (χ2n) is 3.81. The standard InChI is InChI=1S/C14H15NO3S/c1-3-18-14(16)8-13-15-11(9-19-13)10-6-4-5-7-12(10)17-2/h4-7,9H,3,8H2,1-2H3. The van der Waals surface area contributed by atoms with Gasteiger partial charge in [-0.15, -0.1) is 11.3 Å². The molecule has 2 rings (SSSR count). The summed E-state index contributed by atoms with van der Waals surface area (Å²) in [5.41, 5.74) is 1.75. The maximum absolute atomic E-state index is 11.4. The molecule has 0 saturated carbocycles. The van der Waals surface area contributed by atoms with E-state index in [1.54, 1.807) is 14.0 Å². The number of ether oxygens (including phenoxy) is 2. The number of carbonyl (C=O) groups excluding carboxylic acids is 1. The number of aromatic nitrogens is 1. The lowest BCUT2D eigenvalue weighted by Gasteiger charge is -2.04. The maximum Gasteiger partial charge on any atom is 0.312 e. The molecule has 1 aromatic carbocycles. The lowest BCUT2D eigenvalue weighted by molar-refractivity contribution is -0.142. The van der Waals surface area contributed by atoms with Crippen LogP contribution in [-0.4, -0.2) is 24.7 Å². The first-order valence-electron chi connectivity index (χ1n) is 5.98. The Morgan fingerprint density at radius 1 is 1.37 bits per heavy atom. The van der Waals surface area contributed by atoms with Crippen molar-refractivity contribution < 1.29 is 14.3 Å². The Balaban J connectivity index is 2.19. The number of rotatable bonds is 5. The third-order valence-corrected chi connectivity index (χ3v) is 3.38. The molecule has 0 amide bonds. The van der Waals surface area contributed by atoms with E-state index in [1.165, 1.54) is 11.3 Å². The summed E-state index contributed by atoms with van der Waals surface area (Å²) in [5.74, 6) is 0.527. The van der Waals surface area contributed by atoms with Crippen LogP contribution >= 0.6 is 11.3 Å². The Labute approximate surface area is 116 Å². The first-order chi connectivity index (χ1) is 9.24. The first kappa shape index (κ1) is 13.5. The number of nitrogens with zero attached hydrogens (tertiary/aromatic N) is 1. The van der Waals surface area contributed by atoms with Gasteiger partial charge < -0.3 is 9.47 Å². The van der Waals surface area contributed by atoms with E-state index in [2.05, 4.69) is 4.98 Å². The second-order valence-corrected chi connectivity index (χ2v) is 4.75. The summed E-state index contributed by atoms with van der Waals surface area (Å²) >= 11 is 1.45. The van der Waals surface area contributed by atoms with Crippen molar-refractivity contribution in [3.63, 3.8) is 0 Å². The Morgan fingerprint density at radius 2 is 2.16 bits per heavy atom. The largest absolute Gasteiger partial charge is 0.496 e. The minimum absolute atomic E-state index is 0.216. The summed E-state index contributed by atoms with van der Waals surface area (Å²) in [5, 5.41) is 2.67. The summed E-state index contributed by atoms with van der Waals surface area (Å²) < 4.78 is 10.2. The van der Waals surface area contributed by atoms with Crippen LogP contribution in [0.15, 0.2) is 29.6 Å². The van der Waals surface area contributed by atoms with E-state index in [1.807, 2.05) is 29.6 Å². The fourth-order valence-corrected chi connectivity index (χ4v) is 2.49. The highest BCUT2D eigenvalue weighted by Crippen LogP contribution is 2.30. The SMILES string of the molecule is CCOC(=O)Cc1nc(-c2ccccc2OC)cs1. The molecule has 0 aliphatic heterocycles. The van der Waals surface area contributed by atoms with Gasteiger partial charge in [0.15, 0.2) is 0 Å². The Morgan fingerprint density at radius 3 is 2.89 bits per heavy atom. The van der Waals surface area contributed by atoms with Gasteiger partial charge in [0, 0.05) is 10.9 Å². The van der Waals surface area contributed by atoms with Crippen LogP contribution in [0.4, 0.5) is 0 Å². The molecule has 0 spiro atoms. The van der Waals surface area contributed by atoms with Crippen molar-refractivity contribution in [1.29, 1.82) is 0 Å². The maximum atomic E-state index is 11.4. The van der Waals surface area contributed by atoms with E-state index >= 15 is 0 Å². The molecule has 2 aromatic rings. The van der Waals surface area contributed by atoms with Crippen LogP contribution in [0.2, 0.25) is 0 Å². The van der Waals surface area contributed by atoms with Gasteiger partial charge in [-0.1, -0.05) is 12.1 Å². The summed E-state index contributed by atoms with van der Waals surface area (Å²) in [4.78, 5) is 15.9. The third-order valence-electron chi connectivity index (χ3n) is 2.54. The second kappa shape index (κ2) is 6.33. The lowest BCUT2D eigenvalue weighted by Crippen LogP contribution is -2.07. The molecule has 100 valence electrons.